The number of hydrogen-bond donors (Lipinski definition) is 1. The zero-order valence-corrected chi connectivity index (χ0v) is 12.1. The number of rotatable bonds is 5. The second-order valence-electron chi connectivity index (χ2n) is 4.56. The van der Waals surface area contributed by atoms with Crippen LogP contribution in [0.3, 0.4) is 0 Å². The van der Waals surface area contributed by atoms with Gasteiger partial charge in [-0.05, 0) is 42.6 Å². The topological polar surface area (TPSA) is 24.9 Å². The average Bonchev–Trinajstić information content (AvgIpc) is 2.46. The van der Waals surface area contributed by atoms with Crippen molar-refractivity contribution in [2.24, 2.45) is 0 Å². The Kier molecular flexibility index (Phi) is 4.94. The van der Waals surface area contributed by atoms with E-state index in [9.17, 15) is 0 Å². The quantitative estimate of drug-likeness (QED) is 0.897. The van der Waals surface area contributed by atoms with Crippen LogP contribution >= 0.6 is 11.6 Å². The predicted molar refractivity (Wildman–Crippen MR) is 80.6 cm³/mol. The molecule has 1 aromatic carbocycles. The molecule has 19 heavy (non-hydrogen) atoms. The number of nitrogens with zero attached hydrogens (tertiary/aromatic N) is 1. The molecule has 0 spiro atoms. The summed E-state index contributed by atoms with van der Waals surface area (Å²) in [6, 6.07) is 10.8. The van der Waals surface area contributed by atoms with E-state index < -0.39 is 0 Å². The van der Waals surface area contributed by atoms with Crippen molar-refractivity contribution in [1.29, 1.82) is 0 Å². The Morgan fingerprint density at radius 3 is 2.68 bits per heavy atom. The normalized spacial score (nSPS) is 12.4. The summed E-state index contributed by atoms with van der Waals surface area (Å²) in [5.41, 5.74) is 3.86. The van der Waals surface area contributed by atoms with Crippen LogP contribution in [0.15, 0.2) is 42.7 Å². The lowest BCUT2D eigenvalue weighted by Crippen LogP contribution is -2.20. The minimum Gasteiger partial charge on any atom is -0.313 e. The van der Waals surface area contributed by atoms with Crippen molar-refractivity contribution in [1.82, 2.24) is 10.3 Å². The van der Waals surface area contributed by atoms with Crippen LogP contribution in [0.2, 0.25) is 5.02 Å². The summed E-state index contributed by atoms with van der Waals surface area (Å²) in [7, 11) is 1.99. The van der Waals surface area contributed by atoms with Gasteiger partial charge in [0.2, 0.25) is 0 Å². The summed E-state index contributed by atoms with van der Waals surface area (Å²) in [5, 5.41) is 4.12. The molecule has 0 aliphatic carbocycles. The van der Waals surface area contributed by atoms with Crippen LogP contribution in [-0.2, 0) is 12.8 Å². The fourth-order valence-corrected chi connectivity index (χ4v) is 2.55. The molecule has 0 amide bonds. The highest BCUT2D eigenvalue weighted by atomic mass is 35.5. The van der Waals surface area contributed by atoms with Crippen molar-refractivity contribution >= 4 is 11.6 Å². The molecular weight excluding hydrogens is 256 g/mol. The van der Waals surface area contributed by atoms with E-state index in [2.05, 4.69) is 41.5 Å². The molecule has 100 valence electrons. The van der Waals surface area contributed by atoms with Crippen molar-refractivity contribution in [2.45, 2.75) is 25.8 Å². The van der Waals surface area contributed by atoms with Crippen molar-refractivity contribution < 1.29 is 0 Å². The minimum absolute atomic E-state index is 0.274. The first-order valence-electron chi connectivity index (χ1n) is 6.59. The van der Waals surface area contributed by atoms with Gasteiger partial charge in [-0.1, -0.05) is 42.8 Å². The first kappa shape index (κ1) is 14.0. The predicted octanol–water partition coefficient (Wildman–Crippen LogP) is 3.80. The van der Waals surface area contributed by atoms with Crippen molar-refractivity contribution in [3.63, 3.8) is 0 Å². The number of aromatic nitrogens is 1. The molecule has 2 rings (SSSR count). The van der Waals surface area contributed by atoms with Crippen LogP contribution in [0.4, 0.5) is 0 Å². The maximum Gasteiger partial charge on any atom is 0.0622 e. The van der Waals surface area contributed by atoms with Gasteiger partial charge in [0.05, 0.1) is 5.02 Å². The summed E-state index contributed by atoms with van der Waals surface area (Å²) >= 11 is 6.20. The maximum atomic E-state index is 6.20. The zero-order valence-electron chi connectivity index (χ0n) is 11.4. The molecule has 1 N–H and O–H groups in total. The van der Waals surface area contributed by atoms with E-state index in [0.717, 1.165) is 23.4 Å². The third kappa shape index (κ3) is 3.34. The van der Waals surface area contributed by atoms with Gasteiger partial charge < -0.3 is 5.32 Å². The van der Waals surface area contributed by atoms with E-state index in [4.69, 9.17) is 11.6 Å². The Morgan fingerprint density at radius 1 is 1.21 bits per heavy atom. The van der Waals surface area contributed by atoms with Crippen LogP contribution in [0, 0.1) is 0 Å². The van der Waals surface area contributed by atoms with Gasteiger partial charge in [0, 0.05) is 18.4 Å². The highest BCUT2D eigenvalue weighted by molar-refractivity contribution is 6.31. The maximum absolute atomic E-state index is 6.20. The van der Waals surface area contributed by atoms with E-state index in [0.29, 0.717) is 0 Å². The molecule has 2 nitrogen and oxygen atoms in total. The number of nitrogens with one attached hydrogen (secondary N) is 1. The summed E-state index contributed by atoms with van der Waals surface area (Å²) in [6.45, 7) is 2.19. The van der Waals surface area contributed by atoms with Gasteiger partial charge in [-0.25, -0.2) is 0 Å². The lowest BCUT2D eigenvalue weighted by Gasteiger charge is -2.20. The van der Waals surface area contributed by atoms with Gasteiger partial charge in [0.25, 0.3) is 0 Å². The molecule has 2 aromatic rings. The number of halogens is 1. The number of hydrogen-bond acceptors (Lipinski definition) is 2. The van der Waals surface area contributed by atoms with Crippen molar-refractivity contribution in [2.75, 3.05) is 7.05 Å². The smallest absolute Gasteiger partial charge is 0.0622 e. The number of pyridine rings is 1. The van der Waals surface area contributed by atoms with E-state index in [1.807, 2.05) is 13.1 Å². The Bertz CT molecular complexity index is 540. The first-order chi connectivity index (χ1) is 9.26. The zero-order chi connectivity index (χ0) is 13.7. The first-order valence-corrected chi connectivity index (χ1v) is 6.97. The minimum atomic E-state index is 0.274. The van der Waals surface area contributed by atoms with Crippen LogP contribution in [-0.4, -0.2) is 12.0 Å². The fraction of sp³-hybridized carbons (Fsp3) is 0.312. The Labute approximate surface area is 119 Å². The highest BCUT2D eigenvalue weighted by Gasteiger charge is 2.14. The molecule has 0 saturated heterocycles. The van der Waals surface area contributed by atoms with Gasteiger partial charge in [0.1, 0.15) is 0 Å². The Morgan fingerprint density at radius 2 is 2.00 bits per heavy atom. The standard InChI is InChI=1S/C16H19ClN2/c1-3-12-6-4-5-7-14(12)16(18-2)10-13-8-9-19-11-15(13)17/h4-9,11,16,18H,3,10H2,1-2H3. The van der Waals surface area contributed by atoms with Gasteiger partial charge in [-0.2, -0.15) is 0 Å². The Hall–Kier alpha value is -1.38. The summed E-state index contributed by atoms with van der Waals surface area (Å²) in [6.07, 6.45) is 5.41. The van der Waals surface area contributed by atoms with Gasteiger partial charge in [-0.3, -0.25) is 4.98 Å². The van der Waals surface area contributed by atoms with Crippen LogP contribution < -0.4 is 5.32 Å². The summed E-state index contributed by atoms with van der Waals surface area (Å²) in [4.78, 5) is 4.03. The number of likely N-dealkylation sites (N-methyl/N-ethyl adjacent to an activating group) is 1. The molecule has 1 heterocycles. The Balaban J connectivity index is 2.28. The van der Waals surface area contributed by atoms with Crippen molar-refractivity contribution in [3.8, 4) is 0 Å². The lowest BCUT2D eigenvalue weighted by atomic mass is 9.94. The van der Waals surface area contributed by atoms with Gasteiger partial charge in [-0.15, -0.1) is 0 Å². The largest absolute Gasteiger partial charge is 0.313 e. The monoisotopic (exact) mass is 274 g/mol. The number of aryl methyl sites for hydroxylation is 1. The van der Waals surface area contributed by atoms with Crippen molar-refractivity contribution in [3.05, 3.63) is 64.4 Å². The third-order valence-electron chi connectivity index (χ3n) is 3.44. The van der Waals surface area contributed by atoms with E-state index in [1.54, 1.807) is 12.4 Å². The van der Waals surface area contributed by atoms with Gasteiger partial charge in [0.15, 0.2) is 0 Å². The summed E-state index contributed by atoms with van der Waals surface area (Å²) in [5.74, 6) is 0. The average molecular weight is 275 g/mol. The molecule has 0 radical (unpaired) electrons. The molecule has 3 heteroatoms. The molecule has 0 aliphatic heterocycles. The molecule has 0 fully saturated rings. The molecule has 1 atom stereocenters. The van der Waals surface area contributed by atoms with Gasteiger partial charge >= 0.3 is 0 Å². The van der Waals surface area contributed by atoms with Crippen LogP contribution in [0.1, 0.15) is 29.7 Å². The summed E-state index contributed by atoms with van der Waals surface area (Å²) < 4.78 is 0. The lowest BCUT2D eigenvalue weighted by molar-refractivity contribution is 0.586. The van der Waals surface area contributed by atoms with Crippen LogP contribution in [0.25, 0.3) is 0 Å². The second kappa shape index (κ2) is 6.69. The molecule has 1 aromatic heterocycles. The van der Waals surface area contributed by atoms with E-state index >= 15 is 0 Å². The molecule has 0 bridgehead atoms. The molecular formula is C16H19ClN2. The SMILES string of the molecule is CCc1ccccc1C(Cc1ccncc1Cl)NC. The molecule has 1 unspecified atom stereocenters. The third-order valence-corrected chi connectivity index (χ3v) is 3.78. The van der Waals surface area contributed by atoms with Crippen LogP contribution in [0.5, 0.6) is 0 Å². The highest BCUT2D eigenvalue weighted by Crippen LogP contribution is 2.25. The molecule has 0 aliphatic rings. The number of benzene rings is 1. The molecule has 0 saturated carbocycles. The second-order valence-corrected chi connectivity index (χ2v) is 4.97. The van der Waals surface area contributed by atoms with E-state index in [-0.39, 0.29) is 6.04 Å². The fourth-order valence-electron chi connectivity index (χ4n) is 2.35. The van der Waals surface area contributed by atoms with E-state index in [1.165, 1.54) is 11.1 Å².